The molecule has 1 aromatic rings. The number of fused-ring (bicyclic) bond motifs is 2. The zero-order valence-electron chi connectivity index (χ0n) is 24.0. The van der Waals surface area contributed by atoms with E-state index in [2.05, 4.69) is 0 Å². The molecule has 0 aromatic heterocycles. The van der Waals surface area contributed by atoms with Crippen molar-refractivity contribution in [2.75, 3.05) is 19.8 Å². The van der Waals surface area contributed by atoms with E-state index in [4.69, 9.17) is 9.47 Å². The topological polar surface area (TPSA) is 96.4 Å². The van der Waals surface area contributed by atoms with E-state index in [0.29, 0.717) is 13.0 Å². The van der Waals surface area contributed by atoms with Crippen LogP contribution >= 0.6 is 0 Å². The van der Waals surface area contributed by atoms with Crippen molar-refractivity contribution in [3.05, 3.63) is 60.2 Å². The van der Waals surface area contributed by atoms with E-state index in [1.165, 1.54) is 0 Å². The number of amides is 2. The van der Waals surface area contributed by atoms with Crippen LogP contribution < -0.4 is 0 Å². The first-order valence-electron chi connectivity index (χ1n) is 15.4. The molecular formula is C33H42N2O6. The van der Waals surface area contributed by atoms with Crippen LogP contribution in [-0.4, -0.2) is 81.8 Å². The lowest BCUT2D eigenvalue weighted by atomic mass is 9.74. The predicted molar refractivity (Wildman–Crippen MR) is 153 cm³/mol. The van der Waals surface area contributed by atoms with Crippen LogP contribution in [0.25, 0.3) is 0 Å². The number of hydrogen-bond donors (Lipinski definition) is 1. The van der Waals surface area contributed by atoms with Gasteiger partial charge >= 0.3 is 5.97 Å². The summed E-state index contributed by atoms with van der Waals surface area (Å²) in [5.74, 6) is -2.80. The lowest BCUT2D eigenvalue weighted by molar-refractivity contribution is -0.162. The van der Waals surface area contributed by atoms with E-state index in [9.17, 15) is 19.5 Å². The smallest absolute Gasteiger partial charge is 0.313 e. The Bertz CT molecular complexity index is 1210. The summed E-state index contributed by atoms with van der Waals surface area (Å²) >= 11 is 0. The van der Waals surface area contributed by atoms with Gasteiger partial charge in [-0.3, -0.25) is 14.4 Å². The summed E-state index contributed by atoms with van der Waals surface area (Å²) in [6.45, 7) is 2.25. The maximum Gasteiger partial charge on any atom is 0.313 e. The molecule has 8 nitrogen and oxygen atoms in total. The predicted octanol–water partition coefficient (Wildman–Crippen LogP) is 3.58. The first-order chi connectivity index (χ1) is 19.9. The average Bonchev–Trinajstić information content (AvgIpc) is 3.32. The Labute approximate surface area is 242 Å². The van der Waals surface area contributed by atoms with Crippen LogP contribution in [0.5, 0.6) is 0 Å². The maximum absolute atomic E-state index is 14.7. The minimum atomic E-state index is -1.35. The van der Waals surface area contributed by atoms with Crippen molar-refractivity contribution in [1.82, 2.24) is 9.80 Å². The van der Waals surface area contributed by atoms with Crippen LogP contribution in [0.2, 0.25) is 0 Å². The van der Waals surface area contributed by atoms with Crippen LogP contribution in [-0.2, 0) is 30.3 Å². The second-order valence-electron chi connectivity index (χ2n) is 12.5. The second-order valence-corrected chi connectivity index (χ2v) is 12.5. The first kappa shape index (κ1) is 28.2. The van der Waals surface area contributed by atoms with Crippen molar-refractivity contribution in [2.45, 2.75) is 94.0 Å². The van der Waals surface area contributed by atoms with Crippen LogP contribution in [0.1, 0.15) is 63.9 Å². The first-order valence-corrected chi connectivity index (χ1v) is 15.4. The van der Waals surface area contributed by atoms with Crippen LogP contribution in [0.3, 0.4) is 0 Å². The maximum atomic E-state index is 14.7. The summed E-state index contributed by atoms with van der Waals surface area (Å²) in [7, 11) is 0. The SMILES string of the molecule is C[C@]12/C=C\CCCCOC(=O)[C@H]1[C@H]1C(=O)N([C@@H](CO)Cc3ccccc3)C3C(=O)N(C4CCCCC4)CC=C[C@@]31O2. The van der Waals surface area contributed by atoms with Gasteiger partial charge in [0.25, 0.3) is 0 Å². The van der Waals surface area contributed by atoms with Gasteiger partial charge in [-0.2, -0.15) is 0 Å². The molecule has 4 aliphatic heterocycles. The van der Waals surface area contributed by atoms with Gasteiger partial charge in [0.2, 0.25) is 11.8 Å². The molecule has 2 amide bonds. The molecule has 1 aliphatic carbocycles. The molecule has 5 aliphatic rings. The van der Waals surface area contributed by atoms with Crippen LogP contribution in [0, 0.1) is 11.8 Å². The van der Waals surface area contributed by atoms with Crippen molar-refractivity contribution in [3.63, 3.8) is 0 Å². The van der Waals surface area contributed by atoms with Gasteiger partial charge in [-0.15, -0.1) is 0 Å². The molecule has 2 saturated heterocycles. The number of carbonyl (C=O) groups is 3. The number of aliphatic hydroxyl groups excluding tert-OH is 1. The molecule has 4 heterocycles. The van der Waals surface area contributed by atoms with Gasteiger partial charge in [-0.1, -0.05) is 73.9 Å². The molecule has 1 saturated carbocycles. The molecular weight excluding hydrogens is 520 g/mol. The lowest BCUT2D eigenvalue weighted by Crippen LogP contribution is -2.60. The number of cyclic esters (lactones) is 1. The highest BCUT2D eigenvalue weighted by Crippen LogP contribution is 2.57. The minimum Gasteiger partial charge on any atom is -0.465 e. The number of rotatable bonds is 5. The third-order valence-corrected chi connectivity index (χ3v) is 9.90. The molecule has 3 fully saturated rings. The molecule has 1 aromatic carbocycles. The number of benzene rings is 1. The minimum absolute atomic E-state index is 0.0938. The molecule has 41 heavy (non-hydrogen) atoms. The number of hydrogen-bond acceptors (Lipinski definition) is 6. The molecule has 0 bridgehead atoms. The summed E-state index contributed by atoms with van der Waals surface area (Å²) in [6.07, 6.45) is 15.8. The Hall–Kier alpha value is -2.97. The monoisotopic (exact) mass is 562 g/mol. The number of carbonyl (C=O) groups excluding carboxylic acids is 3. The van der Waals surface area contributed by atoms with E-state index >= 15 is 0 Å². The van der Waals surface area contributed by atoms with E-state index in [1.807, 2.05) is 66.5 Å². The molecule has 6 atom stereocenters. The highest BCUT2D eigenvalue weighted by molar-refractivity contribution is 5.99. The van der Waals surface area contributed by atoms with E-state index in [1.54, 1.807) is 4.90 Å². The number of allylic oxidation sites excluding steroid dienone is 1. The van der Waals surface area contributed by atoms with Gasteiger partial charge in [-0.05, 0) is 51.0 Å². The number of nitrogens with zero attached hydrogens (tertiary/aromatic N) is 2. The largest absolute Gasteiger partial charge is 0.465 e. The molecule has 6 rings (SSSR count). The molecule has 1 spiro atoms. The van der Waals surface area contributed by atoms with Gasteiger partial charge in [0.15, 0.2) is 0 Å². The van der Waals surface area contributed by atoms with Crippen molar-refractivity contribution < 1.29 is 29.0 Å². The van der Waals surface area contributed by atoms with E-state index < -0.39 is 41.1 Å². The van der Waals surface area contributed by atoms with Crippen molar-refractivity contribution in [3.8, 4) is 0 Å². The fourth-order valence-electron chi connectivity index (χ4n) is 8.01. The van der Waals surface area contributed by atoms with Gasteiger partial charge < -0.3 is 24.4 Å². The normalized spacial score (nSPS) is 35.8. The zero-order chi connectivity index (χ0) is 28.6. The summed E-state index contributed by atoms with van der Waals surface area (Å²) in [5, 5.41) is 10.7. The number of ether oxygens (including phenoxy) is 2. The lowest BCUT2D eigenvalue weighted by Gasteiger charge is -2.42. The van der Waals surface area contributed by atoms with Crippen molar-refractivity contribution in [1.29, 1.82) is 0 Å². The van der Waals surface area contributed by atoms with Gasteiger partial charge in [0, 0.05) is 12.6 Å². The van der Waals surface area contributed by atoms with Crippen LogP contribution in [0.15, 0.2) is 54.6 Å². The average molecular weight is 563 g/mol. The standard InChI is InChI=1S/C33H42N2O6/c1-32-17-10-2-3-11-20-40-31(39)27(32)26-29(37)35(25(22-36)21-23-13-6-4-7-14-23)28-30(38)34(24-15-8-5-9-16-24)19-12-18-33(26,28)41-32/h4,6-7,10,12-14,17-18,24-28,36H,2-3,5,8-9,11,15-16,19-22H2,1H3/b17-10-/t25-,26+,27-,28?,32+,33+/m1/s1. The Morgan fingerprint density at radius 3 is 2.49 bits per heavy atom. The second kappa shape index (κ2) is 11.4. The number of esters is 1. The Kier molecular flexibility index (Phi) is 7.81. The fourth-order valence-corrected chi connectivity index (χ4v) is 8.01. The number of likely N-dealkylation sites (tertiary alicyclic amines) is 1. The van der Waals surface area contributed by atoms with E-state index in [0.717, 1.165) is 56.9 Å². The Balaban J connectivity index is 1.47. The number of aliphatic hydroxyl groups is 1. The highest BCUT2D eigenvalue weighted by atomic mass is 16.6. The zero-order valence-corrected chi connectivity index (χ0v) is 24.0. The van der Waals surface area contributed by atoms with Crippen molar-refractivity contribution >= 4 is 17.8 Å². The van der Waals surface area contributed by atoms with Gasteiger partial charge in [0.1, 0.15) is 17.6 Å². The molecule has 8 heteroatoms. The fraction of sp³-hybridized carbons (Fsp3) is 0.606. The molecule has 1 unspecified atom stereocenters. The molecule has 1 N–H and O–H groups in total. The Morgan fingerprint density at radius 1 is 0.951 bits per heavy atom. The molecule has 0 radical (unpaired) electrons. The van der Waals surface area contributed by atoms with Gasteiger partial charge in [0.05, 0.1) is 30.8 Å². The summed E-state index contributed by atoms with van der Waals surface area (Å²) in [5.41, 5.74) is -1.51. The Morgan fingerprint density at radius 2 is 1.73 bits per heavy atom. The van der Waals surface area contributed by atoms with Crippen LogP contribution in [0.4, 0.5) is 0 Å². The quantitative estimate of drug-likeness (QED) is 0.436. The summed E-state index contributed by atoms with van der Waals surface area (Å²) in [4.78, 5) is 46.6. The molecule has 220 valence electrons. The van der Waals surface area contributed by atoms with E-state index in [-0.39, 0.29) is 31.1 Å². The van der Waals surface area contributed by atoms with Crippen molar-refractivity contribution in [2.24, 2.45) is 11.8 Å². The summed E-state index contributed by atoms with van der Waals surface area (Å²) < 4.78 is 12.7. The highest BCUT2D eigenvalue weighted by Gasteiger charge is 2.75. The third-order valence-electron chi connectivity index (χ3n) is 9.90. The summed E-state index contributed by atoms with van der Waals surface area (Å²) in [6, 6.07) is 8.14. The van der Waals surface area contributed by atoms with Gasteiger partial charge in [-0.25, -0.2) is 0 Å². The third kappa shape index (κ3) is 4.83.